The molecule has 48 valence electrons. The van der Waals surface area contributed by atoms with E-state index in [-0.39, 0.29) is 13.6 Å². The minimum atomic E-state index is -0.123. The van der Waals surface area contributed by atoms with Crippen LogP contribution in [0.2, 0.25) is 0 Å². The van der Waals surface area contributed by atoms with E-state index in [1.807, 2.05) is 0 Å². The Morgan fingerprint density at radius 1 is 1.00 bits per heavy atom. The van der Waals surface area contributed by atoms with Crippen molar-refractivity contribution in [3.8, 4) is 0 Å². The zero-order valence-electron chi connectivity index (χ0n) is 4.58. The molecule has 0 nitrogen and oxygen atoms in total. The van der Waals surface area contributed by atoms with Crippen molar-refractivity contribution in [1.82, 2.24) is 0 Å². The van der Waals surface area contributed by atoms with E-state index < -0.39 is 0 Å². The standard InChI is InChI=1S/2C2H5.Ru.2S/c2*1-2;;;/h2*1H2,2H3;;;/q2*-1;;;. The molecule has 0 unspecified atom stereocenters. The number of hydrogen-bond donors (Lipinski definition) is 0. The van der Waals surface area contributed by atoms with Crippen molar-refractivity contribution in [2.24, 2.45) is 0 Å². The van der Waals surface area contributed by atoms with Gasteiger partial charge in [0.2, 0.25) is 0 Å². The predicted octanol–water partition coefficient (Wildman–Crippen LogP) is 2.97. The fourth-order valence-corrected chi connectivity index (χ4v) is 0. The van der Waals surface area contributed by atoms with Crippen LogP contribution in [0.3, 0.4) is 0 Å². The summed E-state index contributed by atoms with van der Waals surface area (Å²) in [5, 5.41) is 0. The van der Waals surface area contributed by atoms with Gasteiger partial charge < -0.3 is 13.8 Å². The average Bonchev–Trinajstić information content (AvgIpc) is 1.78. The third kappa shape index (κ3) is 160. The van der Waals surface area contributed by atoms with Crippen LogP contribution in [0.1, 0.15) is 13.8 Å². The SMILES string of the molecule is [CH2-]C.[CH2-]C.[S]=[Ru]=[S]. The second kappa shape index (κ2) is 61.0. The van der Waals surface area contributed by atoms with E-state index in [4.69, 9.17) is 0 Å². The van der Waals surface area contributed by atoms with Gasteiger partial charge >= 0.3 is 33.9 Å². The molecule has 0 amide bonds. The Bertz CT molecular complexity index is 30.7. The van der Waals surface area contributed by atoms with Gasteiger partial charge in [-0.1, -0.05) is 0 Å². The predicted molar refractivity (Wildman–Crippen MR) is 37.2 cm³/mol. The van der Waals surface area contributed by atoms with E-state index in [9.17, 15) is 0 Å². The van der Waals surface area contributed by atoms with Crippen LogP contribution in [0.5, 0.6) is 0 Å². The summed E-state index contributed by atoms with van der Waals surface area (Å²) in [5.41, 5.74) is 0. The van der Waals surface area contributed by atoms with Crippen LogP contribution in [0.15, 0.2) is 0 Å². The summed E-state index contributed by atoms with van der Waals surface area (Å²) in [6.07, 6.45) is 0. The summed E-state index contributed by atoms with van der Waals surface area (Å²) in [6.45, 7) is 10.0. The minimum absolute atomic E-state index is 0.123. The Hall–Kier alpha value is 1.06. The average molecular weight is 223 g/mol. The van der Waals surface area contributed by atoms with Crippen LogP contribution < -0.4 is 0 Å². The van der Waals surface area contributed by atoms with E-state index in [2.05, 4.69) is 34.1 Å². The molecule has 0 aromatic carbocycles. The molecule has 0 aliphatic heterocycles. The van der Waals surface area contributed by atoms with Crippen LogP contribution in [0.4, 0.5) is 0 Å². The van der Waals surface area contributed by atoms with Gasteiger partial charge in [0.05, 0.1) is 0 Å². The molecule has 0 fully saturated rings. The summed E-state index contributed by atoms with van der Waals surface area (Å²) in [5.74, 6) is 0. The number of hydrogen-bond acceptors (Lipinski definition) is 2. The van der Waals surface area contributed by atoms with Gasteiger partial charge in [-0.3, -0.25) is 0 Å². The summed E-state index contributed by atoms with van der Waals surface area (Å²) in [6, 6.07) is 0. The van der Waals surface area contributed by atoms with Crippen molar-refractivity contribution in [1.29, 1.82) is 0 Å². The molecule has 0 N–H and O–H groups in total. The first-order chi connectivity index (χ1) is 3.41. The van der Waals surface area contributed by atoms with E-state index >= 15 is 0 Å². The van der Waals surface area contributed by atoms with Crippen LogP contribution in [0, 0.1) is 13.8 Å². The van der Waals surface area contributed by atoms with Gasteiger partial charge in [-0.15, -0.1) is 0 Å². The van der Waals surface area contributed by atoms with Crippen LogP contribution in [-0.4, -0.2) is 0 Å². The molecule has 0 aromatic rings. The van der Waals surface area contributed by atoms with Crippen molar-refractivity contribution in [3.63, 3.8) is 0 Å². The van der Waals surface area contributed by atoms with Gasteiger partial charge in [0.1, 0.15) is 0 Å². The normalized spacial score (nSPS) is 4.00. The second-order valence-electron chi connectivity index (χ2n) is 0.0589. The quantitative estimate of drug-likeness (QED) is 0.457. The van der Waals surface area contributed by atoms with Gasteiger partial charge in [0.15, 0.2) is 0 Å². The van der Waals surface area contributed by atoms with Crippen molar-refractivity contribution in [2.45, 2.75) is 13.8 Å². The van der Waals surface area contributed by atoms with E-state index in [0.717, 1.165) is 0 Å². The fraction of sp³-hybridized carbons (Fsp3) is 0.500. The Labute approximate surface area is 61.5 Å². The first kappa shape index (κ1) is 15.7. The van der Waals surface area contributed by atoms with Crippen LogP contribution >= 0.6 is 20.2 Å². The molecule has 0 spiro atoms. The molecule has 3 heteroatoms. The van der Waals surface area contributed by atoms with Crippen molar-refractivity contribution in [2.75, 3.05) is 0 Å². The summed E-state index contributed by atoms with van der Waals surface area (Å²) in [4.78, 5) is 0. The molecule has 0 aliphatic rings. The molecular formula is C4H10RuS2-2. The Morgan fingerprint density at radius 3 is 1.00 bits per heavy atom. The molecule has 0 aromatic heterocycles. The van der Waals surface area contributed by atoms with Gasteiger partial charge in [-0.25, -0.2) is 0 Å². The van der Waals surface area contributed by atoms with Gasteiger partial charge in [-0.2, -0.15) is 13.8 Å². The maximum absolute atomic E-state index is 4.30. The third-order valence-electron chi connectivity index (χ3n) is 0. The van der Waals surface area contributed by atoms with Crippen molar-refractivity contribution < 1.29 is 13.6 Å². The zero-order valence-corrected chi connectivity index (χ0v) is 7.96. The van der Waals surface area contributed by atoms with Crippen LogP contribution in [-0.2, 0) is 13.6 Å². The Morgan fingerprint density at radius 2 is 1.00 bits per heavy atom. The monoisotopic (exact) mass is 224 g/mol. The fourth-order valence-electron chi connectivity index (χ4n) is 0. The van der Waals surface area contributed by atoms with E-state index in [1.54, 1.807) is 13.8 Å². The van der Waals surface area contributed by atoms with Gasteiger partial charge in [0, 0.05) is 0 Å². The second-order valence-corrected chi connectivity index (χ2v) is 3.14. The van der Waals surface area contributed by atoms with E-state index in [1.165, 1.54) is 0 Å². The first-order valence-electron chi connectivity index (χ1n) is 1.70. The molecule has 0 aliphatic carbocycles. The molecule has 0 rings (SSSR count). The van der Waals surface area contributed by atoms with E-state index in [0.29, 0.717) is 0 Å². The van der Waals surface area contributed by atoms with Crippen LogP contribution in [0.25, 0.3) is 0 Å². The summed E-state index contributed by atoms with van der Waals surface area (Å²) < 4.78 is 0. The summed E-state index contributed by atoms with van der Waals surface area (Å²) >= 11 is -0.123. The maximum atomic E-state index is 4.30. The molecule has 0 atom stereocenters. The Balaban J connectivity index is -0.0000000360. The van der Waals surface area contributed by atoms with Crippen molar-refractivity contribution in [3.05, 3.63) is 13.8 Å². The molecule has 0 heterocycles. The third-order valence-corrected chi connectivity index (χ3v) is 0. The molecule has 0 bridgehead atoms. The Kier molecular flexibility index (Phi) is 137. The molecule has 0 saturated heterocycles. The topological polar surface area (TPSA) is 0 Å². The first-order valence-corrected chi connectivity index (χ1v) is 6.54. The zero-order chi connectivity index (χ0) is 6.71. The number of rotatable bonds is 0. The molecule has 7 heavy (non-hydrogen) atoms. The van der Waals surface area contributed by atoms with Gasteiger partial charge in [0.25, 0.3) is 0 Å². The molecule has 0 saturated carbocycles. The molecule has 0 radical (unpaired) electrons. The van der Waals surface area contributed by atoms with Crippen molar-refractivity contribution >= 4 is 20.2 Å². The molecular weight excluding hydrogens is 213 g/mol. The summed E-state index contributed by atoms with van der Waals surface area (Å²) in [7, 11) is 8.60. The van der Waals surface area contributed by atoms with Gasteiger partial charge in [-0.05, 0) is 0 Å².